The van der Waals surface area contributed by atoms with Crippen LogP contribution in [0.15, 0.2) is 22.2 Å². The topological polar surface area (TPSA) is 84.1 Å². The first-order chi connectivity index (χ1) is 13.9. The number of nitrogens with zero attached hydrogens (tertiary/aromatic N) is 7. The summed E-state index contributed by atoms with van der Waals surface area (Å²) in [4.78, 5) is 35.6. The Bertz CT molecular complexity index is 841. The van der Waals surface area contributed by atoms with Crippen LogP contribution in [-0.2, 0) is 9.53 Å². The summed E-state index contributed by atoms with van der Waals surface area (Å²) in [5.41, 5.74) is 1.66. The fraction of sp³-hybridized carbons (Fsp3) is 0.632. The highest BCUT2D eigenvalue weighted by atomic mass is 16.5. The maximum absolute atomic E-state index is 13.2. The fourth-order valence-corrected chi connectivity index (χ4v) is 4.03. The number of morpholine rings is 1. The summed E-state index contributed by atoms with van der Waals surface area (Å²) in [6.07, 6.45) is 0. The number of amides is 3. The van der Waals surface area contributed by atoms with E-state index in [4.69, 9.17) is 4.74 Å². The van der Waals surface area contributed by atoms with E-state index in [1.807, 2.05) is 16.5 Å². The summed E-state index contributed by atoms with van der Waals surface area (Å²) < 4.78 is 7.36. The Kier molecular flexibility index (Phi) is 5.22. The van der Waals surface area contributed by atoms with E-state index in [2.05, 4.69) is 21.6 Å². The summed E-state index contributed by atoms with van der Waals surface area (Å²) in [5, 5.41) is 6.52. The minimum atomic E-state index is -0.608. The fourth-order valence-electron chi connectivity index (χ4n) is 4.03. The molecule has 0 aromatic carbocycles. The van der Waals surface area contributed by atoms with Crippen LogP contribution in [0.5, 0.6) is 0 Å². The highest BCUT2D eigenvalue weighted by Gasteiger charge is 2.54. The molecule has 1 atom stereocenters. The van der Waals surface area contributed by atoms with Gasteiger partial charge in [-0.25, -0.2) is 9.37 Å². The summed E-state index contributed by atoms with van der Waals surface area (Å²) in [6.45, 7) is 13.1. The molecule has 3 amide bonds. The van der Waals surface area contributed by atoms with Gasteiger partial charge in [0.2, 0.25) is 11.9 Å². The average Bonchev–Trinajstić information content (AvgIpc) is 3.08. The van der Waals surface area contributed by atoms with Crippen LogP contribution >= 0.6 is 0 Å². The molecule has 0 spiro atoms. The van der Waals surface area contributed by atoms with Gasteiger partial charge in [0.1, 0.15) is 13.1 Å². The van der Waals surface area contributed by atoms with Crippen molar-refractivity contribution in [2.45, 2.75) is 19.9 Å². The first-order valence-corrected chi connectivity index (χ1v) is 9.94. The Morgan fingerprint density at radius 1 is 1.28 bits per heavy atom. The number of rotatable bonds is 5. The predicted molar refractivity (Wildman–Crippen MR) is 108 cm³/mol. The normalized spacial score (nSPS) is 25.2. The van der Waals surface area contributed by atoms with Gasteiger partial charge in [-0.15, -0.1) is 10.1 Å². The van der Waals surface area contributed by atoms with Crippen LogP contribution in [0.3, 0.4) is 0 Å². The quantitative estimate of drug-likeness (QED) is 0.463. The Hall–Kier alpha value is -2.59. The van der Waals surface area contributed by atoms with Crippen LogP contribution in [0.1, 0.15) is 13.8 Å². The first kappa shape index (κ1) is 19.7. The minimum Gasteiger partial charge on any atom is -0.379 e. The van der Waals surface area contributed by atoms with E-state index in [9.17, 15) is 9.59 Å². The number of fused-ring (bicyclic) bond motifs is 2. The largest absolute Gasteiger partial charge is 0.416 e. The zero-order chi connectivity index (χ0) is 20.7. The summed E-state index contributed by atoms with van der Waals surface area (Å²) in [7, 11) is 1.66. The van der Waals surface area contributed by atoms with Crippen LogP contribution in [0, 0.1) is 0 Å². The molecule has 10 nitrogen and oxygen atoms in total. The maximum atomic E-state index is 13.2. The highest BCUT2D eigenvalue weighted by Crippen LogP contribution is 2.23. The molecule has 29 heavy (non-hydrogen) atoms. The van der Waals surface area contributed by atoms with Gasteiger partial charge in [-0.3, -0.25) is 19.5 Å². The maximum Gasteiger partial charge on any atom is 0.416 e. The van der Waals surface area contributed by atoms with E-state index in [0.717, 1.165) is 44.1 Å². The number of hydrazone groups is 1. The third-order valence-corrected chi connectivity index (χ3v) is 5.47. The predicted octanol–water partition coefficient (Wildman–Crippen LogP) is -0.371. The molecule has 0 aromatic heterocycles. The van der Waals surface area contributed by atoms with E-state index in [1.165, 1.54) is 9.80 Å². The van der Waals surface area contributed by atoms with Crippen molar-refractivity contribution in [3.05, 3.63) is 12.2 Å². The second kappa shape index (κ2) is 7.68. The summed E-state index contributed by atoms with van der Waals surface area (Å²) in [5.74, 6) is 0.843. The van der Waals surface area contributed by atoms with Crippen molar-refractivity contribution in [3.63, 3.8) is 0 Å². The highest BCUT2D eigenvalue weighted by molar-refractivity contribution is 6.23. The van der Waals surface area contributed by atoms with Crippen molar-refractivity contribution in [3.8, 4) is 0 Å². The number of carbonyl (C=O) groups is 2. The minimum absolute atomic E-state index is 0.211. The van der Waals surface area contributed by atoms with Crippen LogP contribution in [0.4, 0.5) is 4.79 Å². The average molecular weight is 402 g/mol. The van der Waals surface area contributed by atoms with Crippen molar-refractivity contribution in [1.82, 2.24) is 19.7 Å². The lowest BCUT2D eigenvalue weighted by atomic mass is 10.1. The van der Waals surface area contributed by atoms with E-state index in [0.29, 0.717) is 24.9 Å². The third kappa shape index (κ3) is 3.58. The molecule has 2 saturated heterocycles. The number of hydrogen-bond acceptors (Lipinski definition) is 7. The first-order valence-electron chi connectivity index (χ1n) is 9.94. The van der Waals surface area contributed by atoms with E-state index in [1.54, 1.807) is 14.0 Å². The molecule has 4 aliphatic rings. The van der Waals surface area contributed by atoms with Gasteiger partial charge in [0.05, 0.1) is 25.5 Å². The van der Waals surface area contributed by atoms with E-state index >= 15 is 0 Å². The van der Waals surface area contributed by atoms with Crippen molar-refractivity contribution >= 4 is 29.4 Å². The van der Waals surface area contributed by atoms with Gasteiger partial charge >= 0.3 is 12.0 Å². The molecule has 2 fully saturated rings. The number of imide groups is 1. The van der Waals surface area contributed by atoms with Gasteiger partial charge in [0.15, 0.2) is 0 Å². The molecular formula is C19H28N7O3+. The number of ether oxygens (including phenoxy) is 1. The standard InChI is InChI=1S/C19H28N7O3/c1-13(2)11-25-17(27)15-16(22(4)19(25)28)20-18-24(15)12-14(3)21-26(18)6-5-23-7-9-29-10-8-23/h15H,1,5-12H2,2-4H3/q+1. The van der Waals surface area contributed by atoms with E-state index in [-0.39, 0.29) is 18.5 Å². The molecule has 1 unspecified atom stereocenters. The summed E-state index contributed by atoms with van der Waals surface area (Å²) in [6, 6.07) is -0.977. The van der Waals surface area contributed by atoms with Crippen LogP contribution in [0.25, 0.3) is 0 Å². The molecule has 0 saturated carbocycles. The second-order valence-corrected chi connectivity index (χ2v) is 7.94. The van der Waals surface area contributed by atoms with Gasteiger partial charge in [0, 0.05) is 26.7 Å². The second-order valence-electron chi connectivity index (χ2n) is 7.94. The lowest BCUT2D eigenvalue weighted by Gasteiger charge is -2.34. The smallest absolute Gasteiger partial charge is 0.379 e. The number of carbonyl (C=O) groups excluding carboxylic acids is 2. The molecule has 0 N–H and O–H groups in total. The molecule has 4 heterocycles. The molecular weight excluding hydrogens is 374 g/mol. The van der Waals surface area contributed by atoms with Crippen LogP contribution in [0.2, 0.25) is 0 Å². The number of amidine groups is 1. The van der Waals surface area contributed by atoms with Crippen molar-refractivity contribution < 1.29 is 18.9 Å². The van der Waals surface area contributed by atoms with Crippen molar-refractivity contribution in [2.24, 2.45) is 10.1 Å². The van der Waals surface area contributed by atoms with Crippen LogP contribution in [-0.4, -0.2) is 119 Å². The van der Waals surface area contributed by atoms with Crippen molar-refractivity contribution in [1.29, 1.82) is 0 Å². The lowest BCUT2D eigenvalue weighted by Crippen LogP contribution is -2.63. The monoisotopic (exact) mass is 402 g/mol. The Balaban J connectivity index is 1.59. The number of aliphatic imine (C=N–C) groups is 1. The number of urea groups is 1. The zero-order valence-corrected chi connectivity index (χ0v) is 17.3. The molecule has 4 rings (SSSR count). The van der Waals surface area contributed by atoms with Crippen molar-refractivity contribution in [2.75, 3.05) is 59.5 Å². The molecule has 0 bridgehead atoms. The molecule has 156 valence electrons. The molecule has 4 aliphatic heterocycles. The van der Waals surface area contributed by atoms with Gasteiger partial charge in [-0.2, -0.15) is 0 Å². The molecule has 10 heteroatoms. The Labute approximate surface area is 170 Å². The van der Waals surface area contributed by atoms with Gasteiger partial charge in [-0.05, 0) is 13.8 Å². The zero-order valence-electron chi connectivity index (χ0n) is 17.3. The lowest BCUT2D eigenvalue weighted by molar-refractivity contribution is -0.527. The third-order valence-electron chi connectivity index (χ3n) is 5.47. The SMILES string of the molecule is C=C(C)CN1C(=O)C2C(=NC3=[N+]2CC(C)=NN3CCN2CCOCC2)N(C)C1=O. The van der Waals surface area contributed by atoms with E-state index < -0.39 is 6.04 Å². The van der Waals surface area contributed by atoms with Gasteiger partial charge < -0.3 is 4.74 Å². The van der Waals surface area contributed by atoms with Gasteiger partial charge in [0.25, 0.3) is 5.91 Å². The molecule has 0 aromatic rings. The Morgan fingerprint density at radius 3 is 2.69 bits per heavy atom. The van der Waals surface area contributed by atoms with Crippen LogP contribution < -0.4 is 0 Å². The molecule has 0 aliphatic carbocycles. The number of guanidine groups is 1. The number of hydrogen-bond donors (Lipinski definition) is 0. The van der Waals surface area contributed by atoms with Gasteiger partial charge in [-0.1, -0.05) is 17.1 Å². The summed E-state index contributed by atoms with van der Waals surface area (Å²) >= 11 is 0. The Morgan fingerprint density at radius 2 is 2.00 bits per heavy atom. The molecule has 0 radical (unpaired) electrons. The number of likely N-dealkylation sites (N-methyl/N-ethyl adjacent to an activating group) is 1.